The van der Waals surface area contributed by atoms with E-state index in [9.17, 15) is 9.18 Å². The van der Waals surface area contributed by atoms with Gasteiger partial charge in [0.15, 0.2) is 0 Å². The molecule has 5 heteroatoms. The molecule has 0 unspecified atom stereocenters. The average molecular weight is 323 g/mol. The zero-order valence-electron chi connectivity index (χ0n) is 13.5. The maximum Gasteiger partial charge on any atom is 0.252 e. The summed E-state index contributed by atoms with van der Waals surface area (Å²) in [7, 11) is 1.81. The largest absolute Gasteiger partial charge is 0.338 e. The Hall–Kier alpha value is -2.95. The minimum absolute atomic E-state index is 0.272. The summed E-state index contributed by atoms with van der Waals surface area (Å²) in [5.41, 5.74) is 1.98. The smallest absolute Gasteiger partial charge is 0.252 e. The van der Waals surface area contributed by atoms with Crippen molar-refractivity contribution in [3.8, 4) is 0 Å². The zero-order chi connectivity index (χ0) is 17.1. The molecule has 3 rings (SSSR count). The number of halogens is 1. The number of nitrogens with one attached hydrogen (secondary N) is 1. The van der Waals surface area contributed by atoms with Crippen LogP contribution in [0.5, 0.6) is 0 Å². The van der Waals surface area contributed by atoms with Gasteiger partial charge < -0.3 is 9.88 Å². The molecular weight excluding hydrogens is 305 g/mol. The van der Waals surface area contributed by atoms with Crippen LogP contribution >= 0.6 is 0 Å². The molecule has 0 spiro atoms. The number of aromatic nitrogens is 2. The number of rotatable bonds is 4. The summed E-state index contributed by atoms with van der Waals surface area (Å²) in [6.07, 6.45) is 3.39. The Morgan fingerprint density at radius 3 is 2.50 bits per heavy atom. The highest BCUT2D eigenvalue weighted by Crippen LogP contribution is 2.23. The van der Waals surface area contributed by atoms with Gasteiger partial charge in [-0.1, -0.05) is 35.9 Å². The SMILES string of the molecule is Cc1ccc(C(=O)N[C@@H](c2ccccc2F)c2nccn2C)cc1. The Bertz CT molecular complexity index is 855. The van der Waals surface area contributed by atoms with E-state index in [1.165, 1.54) is 6.07 Å². The average Bonchev–Trinajstić information content (AvgIpc) is 3.00. The number of amides is 1. The van der Waals surface area contributed by atoms with E-state index in [1.54, 1.807) is 47.3 Å². The first-order valence-electron chi connectivity index (χ1n) is 7.65. The lowest BCUT2D eigenvalue weighted by Crippen LogP contribution is -2.31. The van der Waals surface area contributed by atoms with Crippen molar-refractivity contribution in [3.05, 3.63) is 89.3 Å². The zero-order valence-corrected chi connectivity index (χ0v) is 13.5. The molecule has 1 amide bonds. The van der Waals surface area contributed by atoms with E-state index in [1.807, 2.05) is 26.1 Å². The molecule has 1 heterocycles. The number of carbonyl (C=O) groups is 1. The van der Waals surface area contributed by atoms with Gasteiger partial charge in [-0.05, 0) is 25.1 Å². The quantitative estimate of drug-likeness (QED) is 0.800. The molecule has 0 fully saturated rings. The Morgan fingerprint density at radius 1 is 1.17 bits per heavy atom. The molecule has 0 aliphatic carbocycles. The molecule has 0 saturated heterocycles. The second-order valence-electron chi connectivity index (χ2n) is 5.69. The highest BCUT2D eigenvalue weighted by atomic mass is 19.1. The van der Waals surface area contributed by atoms with Crippen LogP contribution in [0.4, 0.5) is 4.39 Å². The monoisotopic (exact) mass is 323 g/mol. The summed E-state index contributed by atoms with van der Waals surface area (Å²) in [6, 6.07) is 13.0. The van der Waals surface area contributed by atoms with Crippen molar-refractivity contribution in [1.29, 1.82) is 0 Å². The lowest BCUT2D eigenvalue weighted by molar-refractivity contribution is 0.0940. The lowest BCUT2D eigenvalue weighted by Gasteiger charge is -2.19. The Balaban J connectivity index is 1.97. The lowest BCUT2D eigenvalue weighted by atomic mass is 10.0. The van der Waals surface area contributed by atoms with Crippen LogP contribution in [-0.2, 0) is 7.05 Å². The van der Waals surface area contributed by atoms with Gasteiger partial charge in [0.05, 0.1) is 0 Å². The number of benzene rings is 2. The van der Waals surface area contributed by atoms with Crippen molar-refractivity contribution >= 4 is 5.91 Å². The van der Waals surface area contributed by atoms with Gasteiger partial charge in [0.2, 0.25) is 0 Å². The Kier molecular flexibility index (Phi) is 4.42. The van der Waals surface area contributed by atoms with Crippen molar-refractivity contribution in [2.24, 2.45) is 7.05 Å². The van der Waals surface area contributed by atoms with E-state index < -0.39 is 6.04 Å². The molecule has 2 aromatic carbocycles. The number of aryl methyl sites for hydroxylation is 2. The van der Waals surface area contributed by atoms with Crippen molar-refractivity contribution < 1.29 is 9.18 Å². The third-order valence-electron chi connectivity index (χ3n) is 3.92. The molecule has 0 aliphatic heterocycles. The molecule has 122 valence electrons. The summed E-state index contributed by atoms with van der Waals surface area (Å²) in [5.74, 6) is -0.0819. The second-order valence-corrected chi connectivity index (χ2v) is 5.69. The fraction of sp³-hybridized carbons (Fsp3) is 0.158. The predicted octanol–water partition coefficient (Wildman–Crippen LogP) is 3.39. The molecule has 24 heavy (non-hydrogen) atoms. The maximum atomic E-state index is 14.3. The van der Waals surface area contributed by atoms with E-state index in [-0.39, 0.29) is 11.7 Å². The molecule has 4 nitrogen and oxygen atoms in total. The third kappa shape index (κ3) is 3.20. The van der Waals surface area contributed by atoms with Gasteiger partial charge in [-0.15, -0.1) is 0 Å². The fourth-order valence-electron chi connectivity index (χ4n) is 2.57. The van der Waals surface area contributed by atoms with E-state index in [0.29, 0.717) is 17.0 Å². The molecule has 1 aromatic heterocycles. The van der Waals surface area contributed by atoms with Crippen LogP contribution in [0.25, 0.3) is 0 Å². The van der Waals surface area contributed by atoms with Crippen molar-refractivity contribution in [1.82, 2.24) is 14.9 Å². The van der Waals surface area contributed by atoms with Crippen LogP contribution in [-0.4, -0.2) is 15.5 Å². The topological polar surface area (TPSA) is 46.9 Å². The van der Waals surface area contributed by atoms with Crippen molar-refractivity contribution in [3.63, 3.8) is 0 Å². The summed E-state index contributed by atoms with van der Waals surface area (Å²) in [4.78, 5) is 16.9. The maximum absolute atomic E-state index is 14.3. The molecule has 0 bridgehead atoms. The van der Waals surface area contributed by atoms with Gasteiger partial charge in [-0.25, -0.2) is 9.37 Å². The normalized spacial score (nSPS) is 12.0. The van der Waals surface area contributed by atoms with E-state index in [0.717, 1.165) is 5.56 Å². The molecule has 0 aliphatic rings. The van der Waals surface area contributed by atoms with Crippen LogP contribution in [0.2, 0.25) is 0 Å². The van der Waals surface area contributed by atoms with Crippen LogP contribution in [0.15, 0.2) is 60.9 Å². The standard InChI is InChI=1S/C19H18FN3O/c1-13-7-9-14(10-8-13)19(24)22-17(18-21-11-12-23(18)2)15-5-3-4-6-16(15)20/h3-12,17H,1-2H3,(H,22,24)/t17-/m0/s1. The minimum atomic E-state index is -0.667. The van der Waals surface area contributed by atoms with Crippen LogP contribution < -0.4 is 5.32 Å². The summed E-state index contributed by atoms with van der Waals surface area (Å²) >= 11 is 0. The molecule has 0 saturated carbocycles. The highest BCUT2D eigenvalue weighted by molar-refractivity contribution is 5.94. The van der Waals surface area contributed by atoms with Crippen molar-refractivity contribution in [2.45, 2.75) is 13.0 Å². The van der Waals surface area contributed by atoms with Gasteiger partial charge in [0.25, 0.3) is 5.91 Å². The van der Waals surface area contributed by atoms with Crippen LogP contribution in [0.1, 0.15) is 33.4 Å². The summed E-state index contributed by atoms with van der Waals surface area (Å²) < 4.78 is 16.1. The van der Waals surface area contributed by atoms with Gasteiger partial charge in [0.1, 0.15) is 17.7 Å². The van der Waals surface area contributed by atoms with Crippen molar-refractivity contribution in [2.75, 3.05) is 0 Å². The van der Waals surface area contributed by atoms with Crippen LogP contribution in [0, 0.1) is 12.7 Å². The number of hydrogen-bond acceptors (Lipinski definition) is 2. The van der Waals surface area contributed by atoms with E-state index in [4.69, 9.17) is 0 Å². The minimum Gasteiger partial charge on any atom is -0.338 e. The molecule has 1 N–H and O–H groups in total. The highest BCUT2D eigenvalue weighted by Gasteiger charge is 2.23. The fourth-order valence-corrected chi connectivity index (χ4v) is 2.57. The molecule has 1 atom stereocenters. The summed E-state index contributed by atoms with van der Waals surface area (Å²) in [5, 5.41) is 2.89. The first-order valence-corrected chi connectivity index (χ1v) is 7.65. The summed E-state index contributed by atoms with van der Waals surface area (Å²) in [6.45, 7) is 1.96. The number of hydrogen-bond donors (Lipinski definition) is 1. The Labute approximate surface area is 140 Å². The van der Waals surface area contributed by atoms with E-state index in [2.05, 4.69) is 10.3 Å². The van der Waals surface area contributed by atoms with Gasteiger partial charge in [-0.2, -0.15) is 0 Å². The number of carbonyl (C=O) groups excluding carboxylic acids is 1. The first-order chi connectivity index (χ1) is 11.6. The molecular formula is C19H18FN3O. The first kappa shape index (κ1) is 15.9. The molecule has 3 aromatic rings. The van der Waals surface area contributed by atoms with Crippen LogP contribution in [0.3, 0.4) is 0 Å². The predicted molar refractivity (Wildman–Crippen MR) is 90.1 cm³/mol. The molecule has 0 radical (unpaired) electrons. The van der Waals surface area contributed by atoms with Gasteiger partial charge in [0, 0.05) is 30.6 Å². The number of nitrogens with zero attached hydrogens (tertiary/aromatic N) is 2. The van der Waals surface area contributed by atoms with E-state index >= 15 is 0 Å². The Morgan fingerprint density at radius 2 is 1.88 bits per heavy atom. The second kappa shape index (κ2) is 6.66. The van der Waals surface area contributed by atoms with Gasteiger partial charge >= 0.3 is 0 Å². The number of imidazole rings is 1. The van der Waals surface area contributed by atoms with Gasteiger partial charge in [-0.3, -0.25) is 4.79 Å². The third-order valence-corrected chi connectivity index (χ3v) is 3.92.